The van der Waals surface area contributed by atoms with E-state index in [-0.39, 0.29) is 12.2 Å². The van der Waals surface area contributed by atoms with E-state index in [0.717, 1.165) is 16.7 Å². The van der Waals surface area contributed by atoms with Crippen molar-refractivity contribution >= 4 is 27.7 Å². The highest BCUT2D eigenvalue weighted by Crippen LogP contribution is 2.20. The van der Waals surface area contributed by atoms with Gasteiger partial charge in [-0.25, -0.2) is 14.3 Å². The molecule has 3 rings (SSSR count). The van der Waals surface area contributed by atoms with Crippen molar-refractivity contribution in [3.8, 4) is 5.88 Å². The van der Waals surface area contributed by atoms with E-state index in [1.54, 1.807) is 21.7 Å². The molecule has 0 aromatic carbocycles. The summed E-state index contributed by atoms with van der Waals surface area (Å²) in [4.78, 5) is 17.9. The number of imidazole rings is 1. The van der Waals surface area contributed by atoms with Gasteiger partial charge in [-0.15, -0.1) is 5.10 Å². The molecule has 0 bridgehead atoms. The molecule has 1 saturated heterocycles. The van der Waals surface area contributed by atoms with Gasteiger partial charge in [0.1, 0.15) is 16.3 Å². The Balaban J connectivity index is 1.62. The lowest BCUT2D eigenvalue weighted by Crippen LogP contribution is -2.36. The maximum Gasteiger partial charge on any atom is 0.410 e. The van der Waals surface area contributed by atoms with Crippen LogP contribution < -0.4 is 4.74 Å². The molecule has 1 amide bonds. The highest BCUT2D eigenvalue weighted by Gasteiger charge is 2.31. The zero-order valence-electron chi connectivity index (χ0n) is 13.3. The zero-order valence-corrected chi connectivity index (χ0v) is 14.9. The van der Waals surface area contributed by atoms with Crippen LogP contribution in [0.4, 0.5) is 4.79 Å². The number of likely N-dealkylation sites (tertiary alicyclic amines) is 1. The standard InChI is InChI=1S/C15H19BrN4O3/c1-15(2,3)23-14(21)19-7-6-10(9-19)22-13-5-4-12-17-8-11(16)20(12)18-13/h4-5,8,10H,6-7,9H2,1-3H3. The largest absolute Gasteiger partial charge is 0.471 e. The van der Waals surface area contributed by atoms with Gasteiger partial charge in [0.25, 0.3) is 0 Å². The number of carbonyl (C=O) groups is 1. The number of hydrogen-bond acceptors (Lipinski definition) is 5. The maximum atomic E-state index is 12.1. The molecular formula is C15H19BrN4O3. The molecule has 1 aliphatic rings. The van der Waals surface area contributed by atoms with Crippen molar-refractivity contribution in [2.45, 2.75) is 38.9 Å². The molecule has 0 N–H and O–H groups in total. The predicted octanol–water partition coefficient (Wildman–Crippen LogP) is 2.88. The number of hydrogen-bond donors (Lipinski definition) is 0. The normalized spacial score (nSPS) is 18.4. The first kappa shape index (κ1) is 16.0. The first-order valence-corrected chi connectivity index (χ1v) is 8.26. The lowest BCUT2D eigenvalue weighted by Gasteiger charge is -2.24. The average molecular weight is 383 g/mol. The van der Waals surface area contributed by atoms with Gasteiger partial charge in [-0.2, -0.15) is 0 Å². The van der Waals surface area contributed by atoms with Gasteiger partial charge >= 0.3 is 6.09 Å². The third-order valence-corrected chi connectivity index (χ3v) is 3.92. The van der Waals surface area contributed by atoms with Crippen LogP contribution in [0, 0.1) is 0 Å². The molecule has 1 aliphatic heterocycles. The smallest absolute Gasteiger partial charge is 0.410 e. The van der Waals surface area contributed by atoms with Gasteiger partial charge in [0.05, 0.1) is 12.7 Å². The Morgan fingerprint density at radius 3 is 2.91 bits per heavy atom. The van der Waals surface area contributed by atoms with Crippen molar-refractivity contribution in [2.75, 3.05) is 13.1 Å². The average Bonchev–Trinajstić information content (AvgIpc) is 3.05. The van der Waals surface area contributed by atoms with Crippen LogP contribution in [0.1, 0.15) is 27.2 Å². The highest BCUT2D eigenvalue weighted by atomic mass is 79.9. The summed E-state index contributed by atoms with van der Waals surface area (Å²) < 4.78 is 13.7. The molecule has 0 aliphatic carbocycles. The van der Waals surface area contributed by atoms with Crippen LogP contribution in [0.15, 0.2) is 22.9 Å². The Labute approximate surface area is 142 Å². The third kappa shape index (κ3) is 3.74. The summed E-state index contributed by atoms with van der Waals surface area (Å²) in [6.45, 7) is 6.70. The van der Waals surface area contributed by atoms with Crippen LogP contribution in [-0.2, 0) is 4.74 Å². The topological polar surface area (TPSA) is 69.0 Å². The van der Waals surface area contributed by atoms with Crippen molar-refractivity contribution in [1.82, 2.24) is 19.5 Å². The van der Waals surface area contributed by atoms with Gasteiger partial charge in [-0.3, -0.25) is 0 Å². The molecule has 7 nitrogen and oxygen atoms in total. The second-order valence-corrected chi connectivity index (χ2v) is 7.29. The van der Waals surface area contributed by atoms with Gasteiger partial charge in [-0.1, -0.05) is 0 Å². The van der Waals surface area contributed by atoms with Crippen LogP contribution in [-0.4, -0.2) is 50.4 Å². The third-order valence-electron chi connectivity index (χ3n) is 3.38. The number of ether oxygens (including phenoxy) is 2. The second kappa shape index (κ2) is 5.99. The van der Waals surface area contributed by atoms with Crippen LogP contribution in [0.3, 0.4) is 0 Å². The Hall–Kier alpha value is -1.83. The number of amides is 1. The van der Waals surface area contributed by atoms with E-state index < -0.39 is 5.60 Å². The van der Waals surface area contributed by atoms with Crippen LogP contribution >= 0.6 is 15.9 Å². The summed E-state index contributed by atoms with van der Waals surface area (Å²) in [5.41, 5.74) is 0.252. The van der Waals surface area contributed by atoms with Crippen molar-refractivity contribution in [3.05, 3.63) is 22.9 Å². The molecular weight excluding hydrogens is 364 g/mol. The minimum atomic E-state index is -0.490. The molecule has 2 aromatic heterocycles. The summed E-state index contributed by atoms with van der Waals surface area (Å²) in [5, 5.41) is 4.38. The fourth-order valence-electron chi connectivity index (χ4n) is 2.38. The van der Waals surface area contributed by atoms with Crippen molar-refractivity contribution in [1.29, 1.82) is 0 Å². The molecule has 3 heterocycles. The minimum absolute atomic E-state index is 0.0882. The number of aromatic nitrogens is 3. The summed E-state index contributed by atoms with van der Waals surface area (Å²) in [6.07, 6.45) is 2.05. The lowest BCUT2D eigenvalue weighted by molar-refractivity contribution is 0.0274. The molecule has 1 fully saturated rings. The summed E-state index contributed by atoms with van der Waals surface area (Å²) in [5.74, 6) is 0.507. The Morgan fingerprint density at radius 2 is 2.17 bits per heavy atom. The SMILES string of the molecule is CC(C)(C)OC(=O)N1CCC(Oc2ccc3ncc(Br)n3n2)C1. The Kier molecular flexibility index (Phi) is 4.18. The number of fused-ring (bicyclic) bond motifs is 1. The van der Waals surface area contributed by atoms with Crippen LogP contribution in [0.2, 0.25) is 0 Å². The first-order chi connectivity index (χ1) is 10.8. The van der Waals surface area contributed by atoms with Gasteiger partial charge in [0.15, 0.2) is 5.65 Å². The van der Waals surface area contributed by atoms with Crippen molar-refractivity contribution < 1.29 is 14.3 Å². The molecule has 1 unspecified atom stereocenters. The van der Waals surface area contributed by atoms with E-state index >= 15 is 0 Å². The monoisotopic (exact) mass is 382 g/mol. The molecule has 0 saturated carbocycles. The zero-order chi connectivity index (χ0) is 16.6. The summed E-state index contributed by atoms with van der Waals surface area (Å²) in [6, 6.07) is 3.62. The maximum absolute atomic E-state index is 12.1. The molecule has 0 spiro atoms. The van der Waals surface area contributed by atoms with E-state index in [1.165, 1.54) is 0 Å². The minimum Gasteiger partial charge on any atom is -0.471 e. The van der Waals surface area contributed by atoms with E-state index in [0.29, 0.717) is 19.0 Å². The molecule has 8 heteroatoms. The quantitative estimate of drug-likeness (QED) is 0.798. The molecule has 124 valence electrons. The highest BCUT2D eigenvalue weighted by molar-refractivity contribution is 9.10. The Morgan fingerprint density at radius 1 is 1.39 bits per heavy atom. The van der Waals surface area contributed by atoms with Gasteiger partial charge in [0.2, 0.25) is 5.88 Å². The van der Waals surface area contributed by atoms with Gasteiger partial charge in [0, 0.05) is 19.0 Å². The molecule has 1 atom stereocenters. The van der Waals surface area contributed by atoms with Gasteiger partial charge < -0.3 is 14.4 Å². The van der Waals surface area contributed by atoms with E-state index in [1.807, 2.05) is 26.8 Å². The number of halogens is 1. The van der Waals surface area contributed by atoms with Crippen molar-refractivity contribution in [2.24, 2.45) is 0 Å². The number of rotatable bonds is 2. The molecule has 0 radical (unpaired) electrons. The molecule has 2 aromatic rings. The number of carbonyl (C=O) groups excluding carboxylic acids is 1. The first-order valence-electron chi connectivity index (χ1n) is 7.47. The summed E-state index contributed by atoms with van der Waals surface area (Å²) >= 11 is 3.38. The van der Waals surface area contributed by atoms with Gasteiger partial charge in [-0.05, 0) is 42.8 Å². The summed E-state index contributed by atoms with van der Waals surface area (Å²) in [7, 11) is 0. The molecule has 23 heavy (non-hydrogen) atoms. The second-order valence-electron chi connectivity index (χ2n) is 6.48. The number of nitrogens with zero attached hydrogens (tertiary/aromatic N) is 4. The van der Waals surface area contributed by atoms with E-state index in [9.17, 15) is 4.79 Å². The lowest BCUT2D eigenvalue weighted by atomic mass is 10.2. The predicted molar refractivity (Wildman–Crippen MR) is 87.5 cm³/mol. The van der Waals surface area contributed by atoms with Crippen molar-refractivity contribution in [3.63, 3.8) is 0 Å². The van der Waals surface area contributed by atoms with E-state index in [2.05, 4.69) is 26.0 Å². The van der Waals surface area contributed by atoms with E-state index in [4.69, 9.17) is 9.47 Å². The Bertz CT molecular complexity index is 725. The fraction of sp³-hybridized carbons (Fsp3) is 0.533. The van der Waals surface area contributed by atoms with Crippen LogP contribution in [0.5, 0.6) is 5.88 Å². The van der Waals surface area contributed by atoms with Crippen LogP contribution in [0.25, 0.3) is 5.65 Å². The fourth-order valence-corrected chi connectivity index (χ4v) is 2.74.